The number of likely N-dealkylation sites (tertiary alicyclic amines) is 1. The van der Waals surface area contributed by atoms with E-state index in [1.165, 1.54) is 60.2 Å². The number of rotatable bonds is 8. The first-order valence-electron chi connectivity index (χ1n) is 16.1. The second-order valence-electron chi connectivity index (χ2n) is 14.0. The van der Waals surface area contributed by atoms with Crippen LogP contribution < -0.4 is 10.4 Å². The van der Waals surface area contributed by atoms with Gasteiger partial charge in [-0.25, -0.2) is 14.5 Å². The maximum Gasteiger partial charge on any atom is 0.261 e. The van der Waals surface area contributed by atoms with E-state index in [0.29, 0.717) is 11.3 Å². The summed E-state index contributed by atoms with van der Waals surface area (Å²) in [4.78, 5) is 11.0. The predicted molar refractivity (Wildman–Crippen MR) is 180 cm³/mol. The van der Waals surface area contributed by atoms with Crippen LogP contribution in [0.5, 0.6) is 0 Å². The molecule has 1 aliphatic heterocycles. The highest BCUT2D eigenvalue weighted by atomic mass is 28.4. The molecule has 1 saturated carbocycles. The number of fused-ring (bicyclic) bond motifs is 1. The normalized spacial score (nSPS) is 17.6. The van der Waals surface area contributed by atoms with Gasteiger partial charge < -0.3 is 4.43 Å². The molecular formula is C37H43N5OSi. The maximum atomic E-state index is 7.18. The zero-order valence-corrected chi connectivity index (χ0v) is 27.2. The lowest BCUT2D eigenvalue weighted by atomic mass is 9.65. The van der Waals surface area contributed by atoms with E-state index in [2.05, 4.69) is 121 Å². The van der Waals surface area contributed by atoms with Gasteiger partial charge in [0.25, 0.3) is 8.32 Å². The lowest BCUT2D eigenvalue weighted by Crippen LogP contribution is -2.67. The summed E-state index contributed by atoms with van der Waals surface area (Å²) >= 11 is 0. The fourth-order valence-corrected chi connectivity index (χ4v) is 12.5. The third-order valence-electron chi connectivity index (χ3n) is 10.2. The van der Waals surface area contributed by atoms with Crippen LogP contribution in [0.2, 0.25) is 5.04 Å². The van der Waals surface area contributed by atoms with Gasteiger partial charge in [-0.05, 0) is 70.1 Å². The van der Waals surface area contributed by atoms with Gasteiger partial charge in [-0.3, -0.25) is 4.90 Å². The number of hydrogen-bond donors (Lipinski definition) is 0. The summed E-state index contributed by atoms with van der Waals surface area (Å²) in [5.74, 6) is 0.563. The number of benzene rings is 2. The number of pyridine rings is 1. The van der Waals surface area contributed by atoms with Crippen molar-refractivity contribution in [1.82, 2.24) is 24.5 Å². The zero-order valence-electron chi connectivity index (χ0n) is 26.2. The van der Waals surface area contributed by atoms with Crippen LogP contribution in [-0.4, -0.2) is 59.0 Å². The van der Waals surface area contributed by atoms with Crippen LogP contribution in [-0.2, 0) is 4.43 Å². The van der Waals surface area contributed by atoms with Crippen molar-refractivity contribution in [2.75, 3.05) is 26.2 Å². The Morgan fingerprint density at radius 1 is 0.841 bits per heavy atom. The molecule has 0 radical (unpaired) electrons. The Balaban J connectivity index is 0.990. The Labute approximate surface area is 262 Å². The van der Waals surface area contributed by atoms with Crippen LogP contribution in [0.1, 0.15) is 57.9 Å². The quantitative estimate of drug-likeness (QED) is 0.195. The molecule has 5 aromatic rings. The fourth-order valence-electron chi connectivity index (χ4n) is 7.95. The molecule has 2 aliphatic rings. The topological polar surface area (TPSA) is 55.5 Å². The Kier molecular flexibility index (Phi) is 7.73. The molecule has 0 atom stereocenters. The van der Waals surface area contributed by atoms with Crippen LogP contribution in [0, 0.1) is 5.41 Å². The Bertz CT molecular complexity index is 1640. The number of hydrogen-bond acceptors (Lipinski definition) is 5. The van der Waals surface area contributed by atoms with Crippen LogP contribution in [0.15, 0.2) is 104 Å². The molecule has 44 heavy (non-hydrogen) atoms. The standard InChI is InChI=1S/C37H43N5OSi/c1-36(2,3)44(32-10-6-4-7-11-32,33-12-8-5-9-13-33)43-21-20-41-26-37(27-41)17-14-29(15-18-37)34-25-40-42-19-16-30(22-35(34)42)31-23-38-28-39-24-31/h4-13,16,19,22-25,28-29H,14-15,17-18,20-21,26-27H2,1-3H3. The molecule has 2 aromatic carbocycles. The van der Waals surface area contributed by atoms with E-state index in [4.69, 9.17) is 9.52 Å². The van der Waals surface area contributed by atoms with E-state index in [9.17, 15) is 0 Å². The monoisotopic (exact) mass is 601 g/mol. The van der Waals surface area contributed by atoms with Crippen LogP contribution >= 0.6 is 0 Å². The first-order chi connectivity index (χ1) is 21.4. The summed E-state index contributed by atoms with van der Waals surface area (Å²) < 4.78 is 9.19. The molecule has 1 aliphatic carbocycles. The highest BCUT2D eigenvalue weighted by Crippen LogP contribution is 2.49. The minimum Gasteiger partial charge on any atom is -0.406 e. The van der Waals surface area contributed by atoms with Crippen molar-refractivity contribution in [2.45, 2.75) is 57.4 Å². The first kappa shape index (κ1) is 29.1. The maximum absolute atomic E-state index is 7.18. The molecule has 1 spiro atoms. The molecule has 4 heterocycles. The van der Waals surface area contributed by atoms with Crippen molar-refractivity contribution in [3.05, 3.63) is 109 Å². The van der Waals surface area contributed by atoms with Gasteiger partial charge >= 0.3 is 0 Å². The van der Waals surface area contributed by atoms with Crippen molar-refractivity contribution >= 4 is 24.2 Å². The third-order valence-corrected chi connectivity index (χ3v) is 15.2. The zero-order chi connectivity index (χ0) is 30.2. The summed E-state index contributed by atoms with van der Waals surface area (Å²) in [6.07, 6.45) is 14.5. The SMILES string of the molecule is CC(C)(C)[Si](OCCN1CC2(CCC(c3cnn4ccc(-c5cncnc5)cc34)CC2)C1)(c1ccccc1)c1ccccc1. The second-order valence-corrected chi connectivity index (χ2v) is 18.3. The van der Waals surface area contributed by atoms with Gasteiger partial charge in [0, 0.05) is 56.0 Å². The average Bonchev–Trinajstić information content (AvgIpc) is 3.46. The minimum absolute atomic E-state index is 0.0119. The molecule has 7 rings (SSSR count). The Morgan fingerprint density at radius 2 is 1.48 bits per heavy atom. The van der Waals surface area contributed by atoms with E-state index in [1.54, 1.807) is 6.33 Å². The van der Waals surface area contributed by atoms with Crippen LogP contribution in [0.3, 0.4) is 0 Å². The molecule has 1 saturated heterocycles. The molecule has 2 fully saturated rings. The molecule has 0 unspecified atom stereocenters. The van der Waals surface area contributed by atoms with Gasteiger partial charge in [0.1, 0.15) is 6.33 Å². The van der Waals surface area contributed by atoms with Crippen LogP contribution in [0.25, 0.3) is 16.6 Å². The Morgan fingerprint density at radius 3 is 2.09 bits per heavy atom. The van der Waals surface area contributed by atoms with Crippen LogP contribution in [0.4, 0.5) is 0 Å². The van der Waals surface area contributed by atoms with Crippen molar-refractivity contribution < 1.29 is 4.43 Å². The van der Waals surface area contributed by atoms with Gasteiger partial charge in [0.2, 0.25) is 0 Å². The van der Waals surface area contributed by atoms with Gasteiger partial charge in [-0.15, -0.1) is 0 Å². The summed E-state index contributed by atoms with van der Waals surface area (Å²) in [5, 5.41) is 7.42. The Hall–Kier alpha value is -3.65. The molecule has 0 N–H and O–H groups in total. The van der Waals surface area contributed by atoms with Crippen molar-refractivity contribution in [3.63, 3.8) is 0 Å². The van der Waals surface area contributed by atoms with Gasteiger partial charge in [0.15, 0.2) is 0 Å². The summed E-state index contributed by atoms with van der Waals surface area (Å²) in [5.41, 5.74) is 5.24. The summed E-state index contributed by atoms with van der Waals surface area (Å²) in [6.45, 7) is 11.2. The minimum atomic E-state index is -2.48. The molecular weight excluding hydrogens is 559 g/mol. The van der Waals surface area contributed by atoms with Gasteiger partial charge in [-0.2, -0.15) is 5.10 Å². The fraction of sp³-hybridized carbons (Fsp3) is 0.378. The van der Waals surface area contributed by atoms with E-state index in [1.807, 2.05) is 16.9 Å². The first-order valence-corrected chi connectivity index (χ1v) is 18.0. The molecule has 7 heteroatoms. The number of nitrogens with zero attached hydrogens (tertiary/aromatic N) is 5. The van der Waals surface area contributed by atoms with Crippen molar-refractivity contribution in [3.8, 4) is 11.1 Å². The highest BCUT2D eigenvalue weighted by Gasteiger charge is 2.51. The third kappa shape index (κ3) is 5.31. The highest BCUT2D eigenvalue weighted by molar-refractivity contribution is 6.99. The molecule has 0 bridgehead atoms. The van der Waals surface area contributed by atoms with E-state index in [0.717, 1.165) is 24.3 Å². The average molecular weight is 602 g/mol. The van der Waals surface area contributed by atoms with Gasteiger partial charge in [0.05, 0.1) is 11.7 Å². The predicted octanol–water partition coefficient (Wildman–Crippen LogP) is 6.33. The molecule has 3 aromatic heterocycles. The second kappa shape index (κ2) is 11.7. The summed E-state index contributed by atoms with van der Waals surface area (Å²) in [6, 6.07) is 26.3. The summed E-state index contributed by atoms with van der Waals surface area (Å²) in [7, 11) is -2.48. The molecule has 6 nitrogen and oxygen atoms in total. The van der Waals surface area contributed by atoms with E-state index in [-0.39, 0.29) is 5.04 Å². The largest absolute Gasteiger partial charge is 0.406 e. The van der Waals surface area contributed by atoms with Crippen molar-refractivity contribution in [2.24, 2.45) is 5.41 Å². The molecule has 0 amide bonds. The lowest BCUT2D eigenvalue weighted by molar-refractivity contribution is -0.0371. The lowest BCUT2D eigenvalue weighted by Gasteiger charge is -2.54. The van der Waals surface area contributed by atoms with Gasteiger partial charge in [-0.1, -0.05) is 81.4 Å². The number of aromatic nitrogens is 4. The van der Waals surface area contributed by atoms with E-state index < -0.39 is 8.32 Å². The van der Waals surface area contributed by atoms with Crippen molar-refractivity contribution in [1.29, 1.82) is 0 Å². The van der Waals surface area contributed by atoms with E-state index >= 15 is 0 Å². The smallest absolute Gasteiger partial charge is 0.261 e. The molecule has 226 valence electrons.